The number of aromatic amines is 2. The van der Waals surface area contributed by atoms with Gasteiger partial charge in [0.2, 0.25) is 0 Å². The Kier molecular flexibility index (Phi) is 5.91. The van der Waals surface area contributed by atoms with Gasteiger partial charge in [-0.1, -0.05) is 35.3 Å². The Hall–Kier alpha value is -3.53. The molecule has 2 aromatic carbocycles. The molecule has 3 heterocycles. The number of H-pyrrole nitrogens is 2. The van der Waals surface area contributed by atoms with Gasteiger partial charge < -0.3 is 24.8 Å². The molecule has 8 nitrogen and oxygen atoms in total. The van der Waals surface area contributed by atoms with E-state index in [-0.39, 0.29) is 23.4 Å². The van der Waals surface area contributed by atoms with Crippen LogP contribution < -0.4 is 15.6 Å². The fraction of sp³-hybridized carbons (Fsp3) is 0.0870. The number of ether oxygens (including phenoxy) is 2. The van der Waals surface area contributed by atoms with Gasteiger partial charge >= 0.3 is 6.16 Å². The van der Waals surface area contributed by atoms with Crippen LogP contribution in [0.2, 0.25) is 10.0 Å². The topological polar surface area (TPSA) is 109 Å². The van der Waals surface area contributed by atoms with E-state index in [1.807, 2.05) is 17.5 Å². The van der Waals surface area contributed by atoms with Crippen LogP contribution in [-0.2, 0) is 4.74 Å². The molecule has 0 aliphatic heterocycles. The van der Waals surface area contributed by atoms with Crippen molar-refractivity contribution >= 4 is 73.3 Å². The highest BCUT2D eigenvalue weighted by molar-refractivity contribution is 7.14. The average molecular weight is 515 g/mol. The third-order valence-electron chi connectivity index (χ3n) is 5.06. The zero-order valence-electron chi connectivity index (χ0n) is 17.6. The van der Waals surface area contributed by atoms with E-state index >= 15 is 0 Å². The molecule has 0 saturated carbocycles. The van der Waals surface area contributed by atoms with Crippen molar-refractivity contribution in [1.29, 1.82) is 0 Å². The van der Waals surface area contributed by atoms with Gasteiger partial charge in [-0.05, 0) is 31.2 Å². The highest BCUT2D eigenvalue weighted by Gasteiger charge is 2.17. The molecule has 3 N–H and O–H groups in total. The van der Waals surface area contributed by atoms with Crippen molar-refractivity contribution in [2.75, 3.05) is 11.9 Å². The van der Waals surface area contributed by atoms with Crippen LogP contribution >= 0.6 is 34.5 Å². The summed E-state index contributed by atoms with van der Waals surface area (Å²) in [4.78, 5) is 34.7. The van der Waals surface area contributed by atoms with Gasteiger partial charge in [0.15, 0.2) is 10.9 Å². The number of fused-ring (bicyclic) bond motifs is 3. The molecule has 0 radical (unpaired) electrons. The molecule has 0 saturated heterocycles. The number of benzene rings is 2. The minimum Gasteiger partial charge on any atom is -0.434 e. The van der Waals surface area contributed by atoms with Crippen LogP contribution in [0.25, 0.3) is 33.1 Å². The van der Waals surface area contributed by atoms with E-state index in [0.717, 1.165) is 5.56 Å². The zero-order valence-corrected chi connectivity index (χ0v) is 19.9. The van der Waals surface area contributed by atoms with Gasteiger partial charge in [0, 0.05) is 28.0 Å². The molecule has 0 aliphatic rings. The average Bonchev–Trinajstić information content (AvgIpc) is 3.44. The van der Waals surface area contributed by atoms with Crippen LogP contribution in [-0.4, -0.2) is 27.7 Å². The summed E-state index contributed by atoms with van der Waals surface area (Å²) in [6.45, 7) is 1.85. The summed E-state index contributed by atoms with van der Waals surface area (Å²) >= 11 is 13.9. The number of rotatable bonds is 5. The third kappa shape index (κ3) is 4.09. The number of hydrogen-bond acceptors (Lipinski definition) is 7. The van der Waals surface area contributed by atoms with Crippen molar-refractivity contribution in [3.05, 3.63) is 68.4 Å². The molecule has 0 spiro atoms. The number of nitrogens with zero attached hydrogens (tertiary/aromatic N) is 1. The lowest BCUT2D eigenvalue weighted by atomic mass is 10.1. The number of para-hydroxylation sites is 1. The lowest BCUT2D eigenvalue weighted by molar-refractivity contribution is 0.105. The Labute approximate surface area is 206 Å². The first kappa shape index (κ1) is 22.3. The number of hydrogen-bond donors (Lipinski definition) is 3. The molecule has 0 fully saturated rings. The van der Waals surface area contributed by atoms with Gasteiger partial charge in [0.25, 0.3) is 5.56 Å². The summed E-state index contributed by atoms with van der Waals surface area (Å²) in [5.74, 6) is 0.204. The predicted octanol–water partition coefficient (Wildman–Crippen LogP) is 6.72. The number of thiazole rings is 1. The van der Waals surface area contributed by atoms with Crippen molar-refractivity contribution in [3.63, 3.8) is 0 Å². The lowest BCUT2D eigenvalue weighted by Gasteiger charge is -2.07. The number of anilines is 2. The Bertz CT molecular complexity index is 1590. The van der Waals surface area contributed by atoms with Crippen LogP contribution in [0.3, 0.4) is 0 Å². The second-order valence-electron chi connectivity index (χ2n) is 7.16. The fourth-order valence-corrected chi connectivity index (χ4v) is 4.78. The van der Waals surface area contributed by atoms with Gasteiger partial charge in [-0.3, -0.25) is 4.79 Å². The summed E-state index contributed by atoms with van der Waals surface area (Å²) in [6, 6.07) is 10.8. The molecule has 34 heavy (non-hydrogen) atoms. The summed E-state index contributed by atoms with van der Waals surface area (Å²) in [5, 5.41) is 7.81. The number of carbonyl (C=O) groups excluding carboxylic acids is 1. The van der Waals surface area contributed by atoms with Gasteiger partial charge in [-0.25, -0.2) is 9.78 Å². The molecular formula is C23H16Cl2N4O4S. The molecular weight excluding hydrogens is 499 g/mol. The first-order valence-corrected chi connectivity index (χ1v) is 11.8. The lowest BCUT2D eigenvalue weighted by Crippen LogP contribution is -2.10. The maximum absolute atomic E-state index is 12.5. The summed E-state index contributed by atoms with van der Waals surface area (Å²) in [5.41, 5.74) is 2.64. The quantitative estimate of drug-likeness (QED) is 0.224. The highest BCUT2D eigenvalue weighted by atomic mass is 35.5. The molecule has 3 aromatic heterocycles. The first-order chi connectivity index (χ1) is 16.4. The molecule has 0 bridgehead atoms. The monoisotopic (exact) mass is 514 g/mol. The first-order valence-electron chi connectivity index (χ1n) is 10.1. The standard InChI is InChI=1S/C23H16Cl2N4O4S/c1-2-32-23(31)33-17-9-26-20-18(17)12-8-11(6-7-15(12)27-21(20)30)16-10-34-22(28-16)29-19-13(24)4-3-5-14(19)25/h3-10,26H,2H2,1H3,(H,27,30)(H,28,29). The number of pyridine rings is 1. The predicted molar refractivity (Wildman–Crippen MR) is 135 cm³/mol. The fourth-order valence-electron chi connectivity index (χ4n) is 3.56. The van der Waals surface area contributed by atoms with Gasteiger partial charge in [-0.2, -0.15) is 0 Å². The van der Waals surface area contributed by atoms with E-state index in [1.54, 1.807) is 31.2 Å². The Morgan fingerprint density at radius 3 is 2.76 bits per heavy atom. The van der Waals surface area contributed by atoms with Crippen molar-refractivity contribution < 1.29 is 14.3 Å². The van der Waals surface area contributed by atoms with Gasteiger partial charge in [0.1, 0.15) is 5.52 Å². The van der Waals surface area contributed by atoms with Crippen molar-refractivity contribution in [3.8, 4) is 17.0 Å². The minimum absolute atomic E-state index is 0.173. The number of nitrogens with one attached hydrogen (secondary N) is 3. The van der Waals surface area contributed by atoms with E-state index in [9.17, 15) is 9.59 Å². The molecule has 0 aliphatic carbocycles. The second-order valence-corrected chi connectivity index (χ2v) is 8.83. The normalized spacial score (nSPS) is 11.1. The van der Waals surface area contributed by atoms with Gasteiger partial charge in [-0.15, -0.1) is 11.3 Å². The van der Waals surface area contributed by atoms with Crippen LogP contribution in [0, 0.1) is 0 Å². The SMILES string of the molecule is CCOC(=O)Oc1c[nH]c2c(=O)[nH]c3ccc(-c4csc(Nc5c(Cl)cccc5Cl)n4)cc3c12. The van der Waals surface area contributed by atoms with Crippen molar-refractivity contribution in [2.45, 2.75) is 6.92 Å². The number of carbonyl (C=O) groups is 1. The van der Waals surface area contributed by atoms with Gasteiger partial charge in [0.05, 0.1) is 33.4 Å². The van der Waals surface area contributed by atoms with Crippen molar-refractivity contribution in [1.82, 2.24) is 15.0 Å². The van der Waals surface area contributed by atoms with Crippen LogP contribution in [0.5, 0.6) is 5.75 Å². The van der Waals surface area contributed by atoms with E-state index in [2.05, 4.69) is 20.3 Å². The Morgan fingerprint density at radius 2 is 2.00 bits per heavy atom. The maximum Gasteiger partial charge on any atom is 0.513 e. The molecule has 0 amide bonds. The summed E-state index contributed by atoms with van der Waals surface area (Å²) in [7, 11) is 0. The molecule has 5 rings (SSSR count). The summed E-state index contributed by atoms with van der Waals surface area (Å²) < 4.78 is 10.2. The van der Waals surface area contributed by atoms with Crippen LogP contribution in [0.15, 0.2) is 52.8 Å². The van der Waals surface area contributed by atoms with Crippen molar-refractivity contribution in [2.24, 2.45) is 0 Å². The molecule has 5 aromatic rings. The largest absolute Gasteiger partial charge is 0.513 e. The number of aromatic nitrogens is 3. The number of halogens is 2. The Morgan fingerprint density at radius 1 is 1.21 bits per heavy atom. The third-order valence-corrected chi connectivity index (χ3v) is 6.45. The van der Waals surface area contributed by atoms with E-state index in [0.29, 0.717) is 42.8 Å². The summed E-state index contributed by atoms with van der Waals surface area (Å²) in [6.07, 6.45) is 0.614. The van der Waals surface area contributed by atoms with Crippen LogP contribution in [0.4, 0.5) is 15.6 Å². The molecule has 0 unspecified atom stereocenters. The molecule has 0 atom stereocenters. The highest BCUT2D eigenvalue weighted by Crippen LogP contribution is 2.36. The van der Waals surface area contributed by atoms with E-state index < -0.39 is 6.16 Å². The maximum atomic E-state index is 12.5. The zero-order chi connectivity index (χ0) is 23.8. The van der Waals surface area contributed by atoms with E-state index in [1.165, 1.54) is 17.5 Å². The van der Waals surface area contributed by atoms with E-state index in [4.69, 9.17) is 32.7 Å². The molecule has 172 valence electrons. The second kappa shape index (κ2) is 9.02. The van der Waals surface area contributed by atoms with Crippen LogP contribution in [0.1, 0.15) is 6.92 Å². The minimum atomic E-state index is -0.846. The molecule has 11 heteroatoms. The Balaban J connectivity index is 1.56. The smallest absolute Gasteiger partial charge is 0.434 e.